The van der Waals surface area contributed by atoms with Gasteiger partial charge in [0.1, 0.15) is 17.3 Å². The molecule has 0 unspecified atom stereocenters. The Balaban J connectivity index is 1.72. The van der Waals surface area contributed by atoms with Crippen LogP contribution in [0, 0.1) is 19.7 Å². The second-order valence-electron chi connectivity index (χ2n) is 7.96. The molecule has 0 bridgehead atoms. The van der Waals surface area contributed by atoms with Gasteiger partial charge in [-0.15, -0.1) is 0 Å². The molecule has 2 amide bonds. The highest BCUT2D eigenvalue weighted by Gasteiger charge is 2.40. The first kappa shape index (κ1) is 22.3. The third-order valence-corrected chi connectivity index (χ3v) is 5.95. The molecule has 5 nitrogen and oxygen atoms in total. The third-order valence-electron chi connectivity index (χ3n) is 5.95. The standard InChI is InChI=1S/C27H25FN2O3/c1-17-7-6-9-22(18(17)2)29-25-24(21-8-4-5-10-23(21)33-3)26(31)30(27(25)32)16-15-19-11-13-20(28)14-12-19/h4-14,29H,15-16H2,1-3H3. The number of amides is 2. The Bertz CT molecular complexity index is 1250. The largest absolute Gasteiger partial charge is 0.496 e. The number of aryl methyl sites for hydroxylation is 1. The van der Waals surface area contributed by atoms with Crippen molar-refractivity contribution in [1.82, 2.24) is 4.90 Å². The van der Waals surface area contributed by atoms with E-state index in [1.807, 2.05) is 38.1 Å². The lowest BCUT2D eigenvalue weighted by molar-refractivity contribution is -0.136. The number of imide groups is 1. The Labute approximate surface area is 192 Å². The van der Waals surface area contributed by atoms with Crippen molar-refractivity contribution in [2.24, 2.45) is 0 Å². The SMILES string of the molecule is COc1ccccc1C1=C(Nc2cccc(C)c2C)C(=O)N(CCc2ccc(F)cc2)C1=O. The van der Waals surface area contributed by atoms with Crippen molar-refractivity contribution in [1.29, 1.82) is 0 Å². The molecule has 168 valence electrons. The number of carbonyl (C=O) groups is 2. The van der Waals surface area contributed by atoms with Crippen LogP contribution in [0.4, 0.5) is 10.1 Å². The maximum Gasteiger partial charge on any atom is 0.278 e. The van der Waals surface area contributed by atoms with Crippen LogP contribution < -0.4 is 10.1 Å². The summed E-state index contributed by atoms with van der Waals surface area (Å²) in [5.74, 6) is -0.607. The van der Waals surface area contributed by atoms with Gasteiger partial charge in [-0.3, -0.25) is 14.5 Å². The number of hydrogen-bond acceptors (Lipinski definition) is 4. The lowest BCUT2D eigenvalue weighted by Crippen LogP contribution is -2.34. The summed E-state index contributed by atoms with van der Waals surface area (Å²) >= 11 is 0. The molecule has 0 fully saturated rings. The fourth-order valence-corrected chi connectivity index (χ4v) is 3.91. The molecule has 0 radical (unpaired) electrons. The lowest BCUT2D eigenvalue weighted by Gasteiger charge is -2.16. The van der Waals surface area contributed by atoms with Gasteiger partial charge >= 0.3 is 0 Å². The first-order valence-corrected chi connectivity index (χ1v) is 10.7. The molecule has 0 saturated heterocycles. The molecule has 3 aromatic rings. The van der Waals surface area contributed by atoms with E-state index in [1.165, 1.54) is 24.1 Å². The molecule has 4 rings (SSSR count). The average Bonchev–Trinajstić information content (AvgIpc) is 3.05. The van der Waals surface area contributed by atoms with Gasteiger partial charge < -0.3 is 10.1 Å². The normalized spacial score (nSPS) is 13.6. The second-order valence-corrected chi connectivity index (χ2v) is 7.96. The van der Waals surface area contributed by atoms with Crippen molar-refractivity contribution in [3.05, 3.63) is 100 Å². The summed E-state index contributed by atoms with van der Waals surface area (Å²) in [7, 11) is 1.53. The van der Waals surface area contributed by atoms with Gasteiger partial charge in [-0.25, -0.2) is 4.39 Å². The first-order chi connectivity index (χ1) is 15.9. The Morgan fingerprint density at radius 2 is 1.64 bits per heavy atom. The number of carbonyl (C=O) groups excluding carboxylic acids is 2. The predicted molar refractivity (Wildman–Crippen MR) is 126 cm³/mol. The molecule has 3 aromatic carbocycles. The quantitative estimate of drug-likeness (QED) is 0.528. The predicted octanol–water partition coefficient (Wildman–Crippen LogP) is 4.89. The first-order valence-electron chi connectivity index (χ1n) is 10.7. The van der Waals surface area contributed by atoms with E-state index in [1.54, 1.807) is 30.3 Å². The summed E-state index contributed by atoms with van der Waals surface area (Å²) in [4.78, 5) is 28.2. The minimum atomic E-state index is -0.399. The van der Waals surface area contributed by atoms with Gasteiger partial charge in [0, 0.05) is 17.8 Å². The molecular weight excluding hydrogens is 419 g/mol. The van der Waals surface area contributed by atoms with Crippen molar-refractivity contribution in [3.63, 3.8) is 0 Å². The summed E-state index contributed by atoms with van der Waals surface area (Å²) in [5, 5.41) is 3.23. The van der Waals surface area contributed by atoms with Gasteiger partial charge in [-0.2, -0.15) is 0 Å². The van der Waals surface area contributed by atoms with Gasteiger partial charge in [0.05, 0.1) is 12.7 Å². The van der Waals surface area contributed by atoms with Crippen LogP contribution in [0.5, 0.6) is 5.75 Å². The monoisotopic (exact) mass is 444 g/mol. The zero-order valence-corrected chi connectivity index (χ0v) is 18.8. The molecule has 1 heterocycles. The van der Waals surface area contributed by atoms with Crippen LogP contribution in [0.3, 0.4) is 0 Å². The number of rotatable bonds is 7. The van der Waals surface area contributed by atoms with Crippen LogP contribution in [-0.4, -0.2) is 30.4 Å². The molecule has 0 aliphatic carbocycles. The molecular formula is C27H25FN2O3. The molecule has 1 N–H and O–H groups in total. The molecule has 0 atom stereocenters. The fraction of sp³-hybridized carbons (Fsp3) is 0.185. The lowest BCUT2D eigenvalue weighted by atomic mass is 10.0. The van der Waals surface area contributed by atoms with Crippen LogP contribution in [0.25, 0.3) is 5.57 Å². The third kappa shape index (κ3) is 4.37. The Kier molecular flexibility index (Phi) is 6.27. The van der Waals surface area contributed by atoms with Gasteiger partial charge in [-0.05, 0) is 61.2 Å². The van der Waals surface area contributed by atoms with Gasteiger partial charge in [-0.1, -0.05) is 42.5 Å². The number of halogens is 1. The highest BCUT2D eigenvalue weighted by atomic mass is 19.1. The van der Waals surface area contributed by atoms with E-state index >= 15 is 0 Å². The maximum absolute atomic E-state index is 13.5. The summed E-state index contributed by atoms with van der Waals surface area (Å²) in [6.45, 7) is 4.14. The van der Waals surface area contributed by atoms with E-state index in [0.29, 0.717) is 17.7 Å². The van der Waals surface area contributed by atoms with Crippen LogP contribution in [0.2, 0.25) is 0 Å². The van der Waals surface area contributed by atoms with Crippen LogP contribution in [-0.2, 0) is 16.0 Å². The maximum atomic E-state index is 13.5. The number of hydrogen-bond donors (Lipinski definition) is 1. The zero-order valence-electron chi connectivity index (χ0n) is 18.8. The van der Waals surface area contributed by atoms with Crippen molar-refractivity contribution in [3.8, 4) is 5.75 Å². The number of para-hydroxylation sites is 1. The molecule has 0 spiro atoms. The number of methoxy groups -OCH3 is 1. The van der Waals surface area contributed by atoms with Crippen molar-refractivity contribution in [2.45, 2.75) is 20.3 Å². The van der Waals surface area contributed by atoms with Gasteiger partial charge in [0.2, 0.25) is 0 Å². The Hall–Kier alpha value is -3.93. The molecule has 6 heteroatoms. The Morgan fingerprint density at radius 1 is 0.909 bits per heavy atom. The van der Waals surface area contributed by atoms with Crippen molar-refractivity contribution >= 4 is 23.1 Å². The second kappa shape index (κ2) is 9.28. The van der Waals surface area contributed by atoms with E-state index in [0.717, 1.165) is 22.4 Å². The number of ether oxygens (including phenoxy) is 1. The smallest absolute Gasteiger partial charge is 0.278 e. The zero-order chi connectivity index (χ0) is 23.5. The highest BCUT2D eigenvalue weighted by molar-refractivity contribution is 6.37. The van der Waals surface area contributed by atoms with Crippen molar-refractivity contribution in [2.75, 3.05) is 19.0 Å². The Morgan fingerprint density at radius 3 is 2.36 bits per heavy atom. The molecule has 33 heavy (non-hydrogen) atoms. The number of nitrogens with zero attached hydrogens (tertiary/aromatic N) is 1. The van der Waals surface area contributed by atoms with E-state index in [-0.39, 0.29) is 29.5 Å². The van der Waals surface area contributed by atoms with Crippen LogP contribution in [0.15, 0.2) is 72.4 Å². The van der Waals surface area contributed by atoms with Crippen molar-refractivity contribution < 1.29 is 18.7 Å². The number of nitrogens with one attached hydrogen (secondary N) is 1. The molecule has 0 saturated carbocycles. The van der Waals surface area contributed by atoms with E-state index in [4.69, 9.17) is 4.74 Å². The molecule has 1 aliphatic heterocycles. The summed E-state index contributed by atoms with van der Waals surface area (Å²) in [5.41, 5.74) is 4.72. The van der Waals surface area contributed by atoms with E-state index < -0.39 is 5.91 Å². The minimum Gasteiger partial charge on any atom is -0.496 e. The van der Waals surface area contributed by atoms with Gasteiger partial charge in [0.25, 0.3) is 11.8 Å². The van der Waals surface area contributed by atoms with Crippen LogP contribution >= 0.6 is 0 Å². The topological polar surface area (TPSA) is 58.6 Å². The molecule has 0 aromatic heterocycles. The van der Waals surface area contributed by atoms with Gasteiger partial charge in [0.15, 0.2) is 0 Å². The highest BCUT2D eigenvalue weighted by Crippen LogP contribution is 2.36. The summed E-state index contributed by atoms with van der Waals surface area (Å²) in [6.07, 6.45) is 0.424. The molecule has 1 aliphatic rings. The van der Waals surface area contributed by atoms with Crippen LogP contribution in [0.1, 0.15) is 22.3 Å². The number of anilines is 1. The average molecular weight is 445 g/mol. The fourth-order valence-electron chi connectivity index (χ4n) is 3.91. The van der Waals surface area contributed by atoms with E-state index in [9.17, 15) is 14.0 Å². The summed E-state index contributed by atoms with van der Waals surface area (Å²) < 4.78 is 18.7. The summed E-state index contributed by atoms with van der Waals surface area (Å²) in [6, 6.07) is 19.0. The minimum absolute atomic E-state index is 0.180. The van der Waals surface area contributed by atoms with E-state index in [2.05, 4.69) is 5.32 Å². The number of benzene rings is 3.